The molecule has 0 aliphatic rings. The molecule has 0 saturated carbocycles. The second-order valence-corrected chi connectivity index (χ2v) is 4.31. The molecule has 0 spiro atoms. The number of rotatable bonds is 4. The Morgan fingerprint density at radius 1 is 1.62 bits per heavy atom. The molecule has 0 bridgehead atoms. The smallest absolute Gasteiger partial charge is 0.358 e. The molecule has 1 N–H and O–H groups in total. The highest BCUT2D eigenvalue weighted by atomic mass is 32.1. The molecule has 0 atom stereocenters. The Morgan fingerprint density at radius 2 is 2.44 bits per heavy atom. The van der Waals surface area contributed by atoms with Gasteiger partial charge in [0, 0.05) is 4.88 Å². The van der Waals surface area contributed by atoms with E-state index >= 15 is 0 Å². The van der Waals surface area contributed by atoms with Crippen LogP contribution in [0.25, 0.3) is 0 Å². The van der Waals surface area contributed by atoms with Crippen LogP contribution in [0.2, 0.25) is 0 Å². The van der Waals surface area contributed by atoms with E-state index in [-0.39, 0.29) is 5.69 Å². The van der Waals surface area contributed by atoms with Crippen molar-refractivity contribution in [1.29, 1.82) is 0 Å². The maximum Gasteiger partial charge on any atom is 0.358 e. The van der Waals surface area contributed by atoms with E-state index in [0.717, 1.165) is 4.88 Å². The zero-order valence-electron chi connectivity index (χ0n) is 8.75. The Labute approximate surface area is 96.3 Å². The lowest BCUT2D eigenvalue weighted by atomic mass is 10.2. The number of carboxylic acid groups (broad SMARTS) is 1. The van der Waals surface area contributed by atoms with Gasteiger partial charge in [-0.15, -0.1) is 16.4 Å². The fraction of sp³-hybridized carbons (Fsp3) is 0.300. The topological polar surface area (TPSA) is 68.0 Å². The average molecular weight is 237 g/mol. The first-order chi connectivity index (χ1) is 7.72. The van der Waals surface area contributed by atoms with Gasteiger partial charge < -0.3 is 5.11 Å². The molecule has 2 aromatic rings. The minimum atomic E-state index is -1.02. The molecule has 2 heterocycles. The Hall–Kier alpha value is -1.69. The fourth-order valence-electron chi connectivity index (χ4n) is 1.53. The highest BCUT2D eigenvalue weighted by Crippen LogP contribution is 2.13. The van der Waals surface area contributed by atoms with Crippen molar-refractivity contribution in [2.45, 2.75) is 19.9 Å². The largest absolute Gasteiger partial charge is 0.476 e. The van der Waals surface area contributed by atoms with Gasteiger partial charge in [0.1, 0.15) is 0 Å². The van der Waals surface area contributed by atoms with Crippen LogP contribution < -0.4 is 0 Å². The second kappa shape index (κ2) is 4.44. The van der Waals surface area contributed by atoms with Crippen molar-refractivity contribution in [2.75, 3.05) is 0 Å². The molecule has 6 heteroatoms. The molecule has 0 fully saturated rings. The zero-order valence-corrected chi connectivity index (χ0v) is 9.57. The first-order valence-corrected chi connectivity index (χ1v) is 5.78. The van der Waals surface area contributed by atoms with Gasteiger partial charge in [-0.3, -0.25) is 0 Å². The lowest BCUT2D eigenvalue weighted by Crippen LogP contribution is -2.07. The molecular formula is C10H11N3O2S. The van der Waals surface area contributed by atoms with E-state index in [2.05, 4.69) is 10.3 Å². The molecule has 0 aliphatic heterocycles. The van der Waals surface area contributed by atoms with E-state index in [1.165, 1.54) is 0 Å². The van der Waals surface area contributed by atoms with E-state index in [1.807, 2.05) is 24.4 Å². The molecule has 0 aliphatic carbocycles. The lowest BCUT2D eigenvalue weighted by Gasteiger charge is -2.02. The van der Waals surface area contributed by atoms with Gasteiger partial charge in [-0.1, -0.05) is 18.2 Å². The van der Waals surface area contributed by atoms with Crippen LogP contribution in [0.15, 0.2) is 17.5 Å². The van der Waals surface area contributed by atoms with Gasteiger partial charge in [-0.25, -0.2) is 9.48 Å². The van der Waals surface area contributed by atoms with E-state index in [9.17, 15) is 4.79 Å². The summed E-state index contributed by atoms with van der Waals surface area (Å²) in [7, 11) is 0. The summed E-state index contributed by atoms with van der Waals surface area (Å²) in [6.45, 7) is 2.48. The Bertz CT molecular complexity index is 490. The molecule has 2 rings (SSSR count). The van der Waals surface area contributed by atoms with Gasteiger partial charge in [0.2, 0.25) is 0 Å². The lowest BCUT2D eigenvalue weighted by molar-refractivity contribution is 0.0689. The summed E-state index contributed by atoms with van der Waals surface area (Å²) in [5.41, 5.74) is 0.722. The van der Waals surface area contributed by atoms with Crippen molar-refractivity contribution in [3.05, 3.63) is 33.8 Å². The van der Waals surface area contributed by atoms with Crippen LogP contribution in [0, 0.1) is 0 Å². The number of aromatic nitrogens is 3. The van der Waals surface area contributed by atoms with Crippen LogP contribution >= 0.6 is 11.3 Å². The minimum absolute atomic E-state index is 0.0547. The van der Waals surface area contributed by atoms with Crippen molar-refractivity contribution in [3.8, 4) is 0 Å². The standard InChI is InChI=1S/C10H11N3O2S/c1-2-8-9(10(14)15)11-12-13(8)6-7-4-3-5-16-7/h3-5H,2,6H2,1H3,(H,14,15). The van der Waals surface area contributed by atoms with Crippen molar-refractivity contribution in [1.82, 2.24) is 15.0 Å². The molecule has 0 unspecified atom stereocenters. The molecule has 16 heavy (non-hydrogen) atoms. The monoisotopic (exact) mass is 237 g/mol. The third kappa shape index (κ3) is 1.96. The SMILES string of the molecule is CCc1c(C(=O)O)nnn1Cc1cccs1. The first-order valence-electron chi connectivity index (χ1n) is 4.90. The molecule has 0 saturated heterocycles. The molecular weight excluding hydrogens is 226 g/mol. The summed E-state index contributed by atoms with van der Waals surface area (Å²) < 4.78 is 1.65. The summed E-state index contributed by atoms with van der Waals surface area (Å²) in [6.07, 6.45) is 0.611. The van der Waals surface area contributed by atoms with Gasteiger partial charge in [-0.2, -0.15) is 0 Å². The number of carbonyl (C=O) groups is 1. The number of hydrogen-bond donors (Lipinski definition) is 1. The van der Waals surface area contributed by atoms with E-state index in [0.29, 0.717) is 18.7 Å². The maximum atomic E-state index is 10.9. The van der Waals surface area contributed by atoms with E-state index < -0.39 is 5.97 Å². The zero-order chi connectivity index (χ0) is 11.5. The number of nitrogens with zero attached hydrogens (tertiary/aromatic N) is 3. The Kier molecular flexibility index (Phi) is 3.00. The average Bonchev–Trinajstić information content (AvgIpc) is 2.87. The summed E-state index contributed by atoms with van der Waals surface area (Å²) in [4.78, 5) is 12.0. The van der Waals surface area contributed by atoms with Crippen LogP contribution in [0.5, 0.6) is 0 Å². The molecule has 5 nitrogen and oxygen atoms in total. The predicted molar refractivity (Wildman–Crippen MR) is 59.8 cm³/mol. The molecule has 0 aromatic carbocycles. The quantitative estimate of drug-likeness (QED) is 0.877. The van der Waals surface area contributed by atoms with E-state index in [4.69, 9.17) is 5.11 Å². The highest BCUT2D eigenvalue weighted by molar-refractivity contribution is 7.09. The van der Waals surface area contributed by atoms with Crippen LogP contribution in [0.4, 0.5) is 0 Å². The minimum Gasteiger partial charge on any atom is -0.476 e. The molecule has 0 amide bonds. The molecule has 2 aromatic heterocycles. The van der Waals surface area contributed by atoms with Gasteiger partial charge in [-0.05, 0) is 17.9 Å². The summed E-state index contributed by atoms with van der Waals surface area (Å²) in [6, 6.07) is 3.95. The van der Waals surface area contributed by atoms with E-state index in [1.54, 1.807) is 16.0 Å². The first kappa shape index (κ1) is 10.8. The van der Waals surface area contributed by atoms with Gasteiger partial charge >= 0.3 is 5.97 Å². The number of aromatic carboxylic acids is 1. The van der Waals surface area contributed by atoms with Gasteiger partial charge in [0.15, 0.2) is 5.69 Å². The van der Waals surface area contributed by atoms with Crippen LogP contribution in [0.1, 0.15) is 28.0 Å². The van der Waals surface area contributed by atoms with Crippen molar-refractivity contribution >= 4 is 17.3 Å². The Morgan fingerprint density at radius 3 is 3.00 bits per heavy atom. The second-order valence-electron chi connectivity index (χ2n) is 3.28. The summed E-state index contributed by atoms with van der Waals surface area (Å²) >= 11 is 1.62. The van der Waals surface area contributed by atoms with Gasteiger partial charge in [0.25, 0.3) is 0 Å². The molecule has 0 radical (unpaired) electrons. The maximum absolute atomic E-state index is 10.9. The number of thiophene rings is 1. The molecule has 84 valence electrons. The predicted octanol–water partition coefficient (Wildman–Crippen LogP) is 1.65. The normalized spacial score (nSPS) is 10.6. The number of hydrogen-bond acceptors (Lipinski definition) is 4. The Balaban J connectivity index is 2.31. The van der Waals surface area contributed by atoms with Gasteiger partial charge in [0.05, 0.1) is 12.2 Å². The van der Waals surface area contributed by atoms with Crippen molar-refractivity contribution in [3.63, 3.8) is 0 Å². The fourth-order valence-corrected chi connectivity index (χ4v) is 2.21. The van der Waals surface area contributed by atoms with Crippen molar-refractivity contribution < 1.29 is 9.90 Å². The van der Waals surface area contributed by atoms with Crippen LogP contribution in [0.3, 0.4) is 0 Å². The van der Waals surface area contributed by atoms with Crippen molar-refractivity contribution in [2.24, 2.45) is 0 Å². The summed E-state index contributed by atoms with van der Waals surface area (Å²) in [5.74, 6) is -1.02. The van der Waals surface area contributed by atoms with Crippen LogP contribution in [-0.2, 0) is 13.0 Å². The van der Waals surface area contributed by atoms with Crippen LogP contribution in [-0.4, -0.2) is 26.1 Å². The third-order valence-electron chi connectivity index (χ3n) is 2.26. The number of carboxylic acids is 1. The summed E-state index contributed by atoms with van der Waals surface area (Å²) in [5, 5.41) is 18.5. The third-order valence-corrected chi connectivity index (χ3v) is 3.12. The highest BCUT2D eigenvalue weighted by Gasteiger charge is 2.17.